The van der Waals surface area contributed by atoms with E-state index in [1.165, 1.54) is 7.11 Å². The standard InChI is InChI=1S/C23H29N3O3/c1-25(16-18-8-4-3-5-9-18)23(28)20-10-6-7-11-21(20)26-14-12-19(13-15-26)24-22(27)17-29-2/h3-11,19H,12-17H2,1-2H3,(H,24,27). The summed E-state index contributed by atoms with van der Waals surface area (Å²) in [5.74, 6) is -0.0657. The van der Waals surface area contributed by atoms with Crippen LogP contribution in [0.1, 0.15) is 28.8 Å². The molecule has 6 heteroatoms. The number of amides is 2. The number of benzene rings is 2. The second-order valence-corrected chi connectivity index (χ2v) is 7.43. The highest BCUT2D eigenvalue weighted by Gasteiger charge is 2.24. The lowest BCUT2D eigenvalue weighted by Gasteiger charge is -2.35. The molecule has 0 aliphatic carbocycles. The molecule has 1 fully saturated rings. The molecular formula is C23H29N3O3. The first-order valence-corrected chi connectivity index (χ1v) is 10.00. The molecule has 6 nitrogen and oxygen atoms in total. The van der Waals surface area contributed by atoms with Crippen LogP contribution in [0.15, 0.2) is 54.6 Å². The van der Waals surface area contributed by atoms with Gasteiger partial charge in [-0.15, -0.1) is 0 Å². The Morgan fingerprint density at radius 3 is 2.41 bits per heavy atom. The van der Waals surface area contributed by atoms with Gasteiger partial charge in [0.1, 0.15) is 6.61 Å². The van der Waals surface area contributed by atoms with Crippen LogP contribution in [0.4, 0.5) is 5.69 Å². The molecule has 3 rings (SSSR count). The van der Waals surface area contributed by atoms with Crippen LogP contribution in [-0.4, -0.2) is 56.6 Å². The van der Waals surface area contributed by atoms with Crippen LogP contribution in [0.5, 0.6) is 0 Å². The fourth-order valence-corrected chi connectivity index (χ4v) is 3.73. The maximum atomic E-state index is 13.1. The van der Waals surface area contributed by atoms with Gasteiger partial charge >= 0.3 is 0 Å². The van der Waals surface area contributed by atoms with Crippen molar-refractivity contribution < 1.29 is 14.3 Å². The monoisotopic (exact) mass is 395 g/mol. The topological polar surface area (TPSA) is 61.9 Å². The summed E-state index contributed by atoms with van der Waals surface area (Å²) in [5, 5.41) is 3.01. The number of anilines is 1. The lowest BCUT2D eigenvalue weighted by atomic mass is 10.0. The van der Waals surface area contributed by atoms with E-state index in [1.807, 2.05) is 61.6 Å². The Hall–Kier alpha value is -2.86. The van der Waals surface area contributed by atoms with Crippen LogP contribution in [0, 0.1) is 0 Å². The number of hydrogen-bond acceptors (Lipinski definition) is 4. The molecule has 2 aromatic carbocycles. The van der Waals surface area contributed by atoms with Crippen molar-refractivity contribution in [3.63, 3.8) is 0 Å². The first-order chi connectivity index (χ1) is 14.1. The van der Waals surface area contributed by atoms with Gasteiger partial charge in [-0.1, -0.05) is 42.5 Å². The number of carbonyl (C=O) groups is 2. The summed E-state index contributed by atoms with van der Waals surface area (Å²) in [6.07, 6.45) is 1.69. The fraction of sp³-hybridized carbons (Fsp3) is 0.391. The summed E-state index contributed by atoms with van der Waals surface area (Å²) in [6.45, 7) is 2.25. The van der Waals surface area contributed by atoms with Crippen molar-refractivity contribution in [1.82, 2.24) is 10.2 Å². The Kier molecular flexibility index (Phi) is 7.25. The summed E-state index contributed by atoms with van der Waals surface area (Å²) >= 11 is 0. The van der Waals surface area contributed by atoms with Crippen LogP contribution in [0.3, 0.4) is 0 Å². The minimum absolute atomic E-state index is 0.0139. The molecule has 0 spiro atoms. The lowest BCUT2D eigenvalue weighted by Crippen LogP contribution is -2.46. The van der Waals surface area contributed by atoms with E-state index in [2.05, 4.69) is 10.2 Å². The van der Waals surface area contributed by atoms with Gasteiger partial charge in [0, 0.05) is 45.5 Å². The average molecular weight is 396 g/mol. The van der Waals surface area contributed by atoms with Gasteiger partial charge in [0.15, 0.2) is 0 Å². The zero-order chi connectivity index (χ0) is 20.6. The van der Waals surface area contributed by atoms with E-state index in [9.17, 15) is 9.59 Å². The van der Waals surface area contributed by atoms with Gasteiger partial charge in [0.25, 0.3) is 5.91 Å². The first kappa shape index (κ1) is 20.9. The van der Waals surface area contributed by atoms with Crippen LogP contribution in [-0.2, 0) is 16.1 Å². The molecule has 2 amide bonds. The summed E-state index contributed by atoms with van der Waals surface area (Å²) in [5.41, 5.74) is 2.78. The van der Waals surface area contributed by atoms with Crippen molar-refractivity contribution in [2.45, 2.75) is 25.4 Å². The van der Waals surface area contributed by atoms with E-state index in [1.54, 1.807) is 4.90 Å². The van der Waals surface area contributed by atoms with Crippen molar-refractivity contribution >= 4 is 17.5 Å². The molecule has 1 N–H and O–H groups in total. The van der Waals surface area contributed by atoms with Crippen molar-refractivity contribution in [3.05, 3.63) is 65.7 Å². The Morgan fingerprint density at radius 2 is 1.72 bits per heavy atom. The molecule has 0 bridgehead atoms. The molecule has 1 heterocycles. The number of ether oxygens (including phenoxy) is 1. The van der Waals surface area contributed by atoms with Gasteiger partial charge < -0.3 is 19.9 Å². The molecule has 1 aliphatic rings. The van der Waals surface area contributed by atoms with Gasteiger partial charge in [0.05, 0.1) is 5.56 Å². The maximum absolute atomic E-state index is 13.1. The highest BCUT2D eigenvalue weighted by atomic mass is 16.5. The van der Waals surface area contributed by atoms with E-state index < -0.39 is 0 Å². The molecule has 2 aromatic rings. The van der Waals surface area contributed by atoms with Crippen LogP contribution in [0.2, 0.25) is 0 Å². The SMILES string of the molecule is COCC(=O)NC1CCN(c2ccccc2C(=O)N(C)Cc2ccccc2)CC1. The normalized spacial score (nSPS) is 14.5. The lowest BCUT2D eigenvalue weighted by molar-refractivity contribution is -0.125. The number of nitrogens with one attached hydrogen (secondary N) is 1. The Bertz CT molecular complexity index is 817. The first-order valence-electron chi connectivity index (χ1n) is 10.00. The third-order valence-corrected chi connectivity index (χ3v) is 5.22. The second kappa shape index (κ2) is 10.1. The third-order valence-electron chi connectivity index (χ3n) is 5.22. The van der Waals surface area contributed by atoms with Crippen molar-refractivity contribution in [1.29, 1.82) is 0 Å². The number of methoxy groups -OCH3 is 1. The fourth-order valence-electron chi connectivity index (χ4n) is 3.73. The van der Waals surface area contributed by atoms with Crippen LogP contribution < -0.4 is 10.2 Å². The van der Waals surface area contributed by atoms with E-state index in [4.69, 9.17) is 4.74 Å². The van der Waals surface area contributed by atoms with Gasteiger partial charge in [-0.25, -0.2) is 0 Å². The van der Waals surface area contributed by atoms with Gasteiger partial charge in [-0.05, 0) is 30.5 Å². The number of hydrogen-bond donors (Lipinski definition) is 1. The quantitative estimate of drug-likeness (QED) is 0.783. The van der Waals surface area contributed by atoms with Crippen molar-refractivity contribution in [2.75, 3.05) is 38.8 Å². The zero-order valence-corrected chi connectivity index (χ0v) is 17.1. The zero-order valence-electron chi connectivity index (χ0n) is 17.1. The molecule has 0 aromatic heterocycles. The van der Waals surface area contributed by atoms with E-state index >= 15 is 0 Å². The maximum Gasteiger partial charge on any atom is 0.256 e. The van der Waals surface area contributed by atoms with Crippen LogP contribution in [0.25, 0.3) is 0 Å². The van der Waals surface area contributed by atoms with Crippen LogP contribution >= 0.6 is 0 Å². The molecule has 0 radical (unpaired) electrons. The summed E-state index contributed by atoms with van der Waals surface area (Å²) < 4.78 is 4.88. The number of nitrogens with zero attached hydrogens (tertiary/aromatic N) is 2. The molecule has 154 valence electrons. The molecule has 1 saturated heterocycles. The molecule has 0 saturated carbocycles. The smallest absolute Gasteiger partial charge is 0.256 e. The largest absolute Gasteiger partial charge is 0.375 e. The van der Waals surface area contributed by atoms with Gasteiger partial charge in [0.2, 0.25) is 5.91 Å². The summed E-state index contributed by atoms with van der Waals surface area (Å²) in [7, 11) is 3.36. The second-order valence-electron chi connectivity index (χ2n) is 7.43. The van der Waals surface area contributed by atoms with Gasteiger partial charge in [-0.2, -0.15) is 0 Å². The van der Waals surface area contributed by atoms with Gasteiger partial charge in [-0.3, -0.25) is 9.59 Å². The number of piperidine rings is 1. The van der Waals surface area contributed by atoms with Crippen molar-refractivity contribution in [3.8, 4) is 0 Å². The molecule has 0 unspecified atom stereocenters. The Labute approximate surface area is 172 Å². The van der Waals surface area contributed by atoms with Crippen molar-refractivity contribution in [2.24, 2.45) is 0 Å². The minimum atomic E-state index is -0.0796. The molecule has 0 atom stereocenters. The highest BCUT2D eigenvalue weighted by Crippen LogP contribution is 2.25. The predicted octanol–water partition coefficient (Wildman–Crippen LogP) is 2.69. The Balaban J connectivity index is 1.65. The Morgan fingerprint density at radius 1 is 1.07 bits per heavy atom. The van der Waals surface area contributed by atoms with E-state index in [-0.39, 0.29) is 24.5 Å². The number of rotatable bonds is 7. The summed E-state index contributed by atoms with van der Waals surface area (Å²) in [6, 6.07) is 17.9. The molecule has 1 aliphatic heterocycles. The predicted molar refractivity (Wildman–Crippen MR) is 114 cm³/mol. The van der Waals surface area contributed by atoms with E-state index in [0.717, 1.165) is 37.2 Å². The molecular weight excluding hydrogens is 366 g/mol. The number of carbonyl (C=O) groups excluding carboxylic acids is 2. The number of para-hydroxylation sites is 1. The average Bonchev–Trinajstić information content (AvgIpc) is 2.74. The minimum Gasteiger partial charge on any atom is -0.375 e. The highest BCUT2D eigenvalue weighted by molar-refractivity contribution is 5.99. The third kappa shape index (κ3) is 5.57. The summed E-state index contributed by atoms with van der Waals surface area (Å²) in [4.78, 5) is 28.8. The van der Waals surface area contributed by atoms with E-state index in [0.29, 0.717) is 12.1 Å². The molecule has 29 heavy (non-hydrogen) atoms.